The average Bonchev–Trinajstić information content (AvgIpc) is 2.66. The summed E-state index contributed by atoms with van der Waals surface area (Å²) >= 11 is 0. The van der Waals surface area contributed by atoms with Crippen LogP contribution in [0.5, 0.6) is 0 Å². The molecule has 0 atom stereocenters. The van der Waals surface area contributed by atoms with Crippen molar-refractivity contribution in [1.29, 1.82) is 0 Å². The van der Waals surface area contributed by atoms with Gasteiger partial charge in [-0.3, -0.25) is 9.48 Å². The van der Waals surface area contributed by atoms with Crippen LogP contribution in [0.15, 0.2) is 24.3 Å². The number of aryl methyl sites for hydroxylation is 2. The molecule has 2 rings (SSSR count). The normalized spacial score (nSPS) is 10.5. The van der Waals surface area contributed by atoms with E-state index in [0.717, 1.165) is 28.3 Å². The van der Waals surface area contributed by atoms with Crippen molar-refractivity contribution in [2.24, 2.45) is 7.05 Å². The van der Waals surface area contributed by atoms with Crippen LogP contribution in [0.1, 0.15) is 17.0 Å². The molecule has 0 aliphatic heterocycles. The van der Waals surface area contributed by atoms with Gasteiger partial charge >= 0.3 is 0 Å². The first-order valence-corrected chi connectivity index (χ1v) is 6.95. The number of nitrogens with one attached hydrogen (secondary N) is 1. The largest absolute Gasteiger partial charge is 0.378 e. The van der Waals surface area contributed by atoms with E-state index in [1.807, 2.05) is 68.8 Å². The summed E-state index contributed by atoms with van der Waals surface area (Å²) in [5, 5.41) is 7.26. The van der Waals surface area contributed by atoms with E-state index in [9.17, 15) is 4.79 Å². The predicted molar refractivity (Wildman–Crippen MR) is 85.8 cm³/mol. The average molecular weight is 286 g/mol. The molecule has 0 saturated heterocycles. The molecule has 0 unspecified atom stereocenters. The number of hydrogen-bond donors (Lipinski definition) is 1. The number of carbonyl (C=O) groups excluding carboxylic acids is 1. The minimum absolute atomic E-state index is 0.0215. The third-order valence-corrected chi connectivity index (χ3v) is 3.66. The van der Waals surface area contributed by atoms with E-state index >= 15 is 0 Å². The lowest BCUT2D eigenvalue weighted by Crippen LogP contribution is -2.15. The van der Waals surface area contributed by atoms with Gasteiger partial charge in [-0.15, -0.1) is 0 Å². The van der Waals surface area contributed by atoms with Gasteiger partial charge in [-0.25, -0.2) is 0 Å². The topological polar surface area (TPSA) is 50.2 Å². The van der Waals surface area contributed by atoms with Crippen LogP contribution < -0.4 is 10.2 Å². The third-order valence-electron chi connectivity index (χ3n) is 3.66. The Labute approximate surface area is 125 Å². The van der Waals surface area contributed by atoms with E-state index in [4.69, 9.17) is 0 Å². The molecule has 0 bridgehead atoms. The minimum atomic E-state index is -0.0215. The SMILES string of the molecule is Cc1nn(C)c(C)c1CC(=O)Nc1ccc(N(C)C)cc1. The van der Waals surface area contributed by atoms with Crippen LogP contribution in [-0.4, -0.2) is 29.8 Å². The fourth-order valence-electron chi connectivity index (χ4n) is 2.28. The van der Waals surface area contributed by atoms with Crippen LogP contribution in [0.4, 0.5) is 11.4 Å². The van der Waals surface area contributed by atoms with Gasteiger partial charge in [0.05, 0.1) is 12.1 Å². The van der Waals surface area contributed by atoms with E-state index in [1.165, 1.54) is 0 Å². The number of amides is 1. The summed E-state index contributed by atoms with van der Waals surface area (Å²) in [6.45, 7) is 3.91. The molecular formula is C16H22N4O. The van der Waals surface area contributed by atoms with Gasteiger partial charge in [0.2, 0.25) is 5.91 Å². The molecule has 0 fully saturated rings. The zero-order valence-electron chi connectivity index (χ0n) is 13.3. The quantitative estimate of drug-likeness (QED) is 0.938. The molecule has 1 aromatic heterocycles. The molecule has 1 N–H and O–H groups in total. The van der Waals surface area contributed by atoms with Gasteiger partial charge < -0.3 is 10.2 Å². The Bertz CT molecular complexity index is 641. The van der Waals surface area contributed by atoms with Gasteiger partial charge in [0.1, 0.15) is 0 Å². The van der Waals surface area contributed by atoms with Gasteiger partial charge in [-0.1, -0.05) is 0 Å². The highest BCUT2D eigenvalue weighted by Gasteiger charge is 2.13. The summed E-state index contributed by atoms with van der Waals surface area (Å²) in [6.07, 6.45) is 0.348. The second-order valence-corrected chi connectivity index (χ2v) is 5.44. The van der Waals surface area contributed by atoms with Crippen molar-refractivity contribution in [2.75, 3.05) is 24.3 Å². The molecule has 1 amide bonds. The summed E-state index contributed by atoms with van der Waals surface area (Å²) in [6, 6.07) is 7.79. The van der Waals surface area contributed by atoms with Crippen molar-refractivity contribution in [2.45, 2.75) is 20.3 Å². The van der Waals surface area contributed by atoms with Crippen molar-refractivity contribution in [1.82, 2.24) is 9.78 Å². The highest BCUT2D eigenvalue weighted by molar-refractivity contribution is 5.92. The van der Waals surface area contributed by atoms with Crippen molar-refractivity contribution in [3.05, 3.63) is 41.2 Å². The van der Waals surface area contributed by atoms with Crippen LogP contribution in [0.2, 0.25) is 0 Å². The molecule has 0 spiro atoms. The lowest BCUT2D eigenvalue weighted by molar-refractivity contribution is -0.115. The molecule has 0 radical (unpaired) electrons. The highest BCUT2D eigenvalue weighted by Crippen LogP contribution is 2.17. The Balaban J connectivity index is 2.04. The van der Waals surface area contributed by atoms with Gasteiger partial charge in [0, 0.05) is 43.8 Å². The van der Waals surface area contributed by atoms with E-state index in [2.05, 4.69) is 10.4 Å². The number of aromatic nitrogens is 2. The van der Waals surface area contributed by atoms with Crippen molar-refractivity contribution >= 4 is 17.3 Å². The Morgan fingerprint density at radius 1 is 1.24 bits per heavy atom. The Hall–Kier alpha value is -2.30. The highest BCUT2D eigenvalue weighted by atomic mass is 16.1. The third kappa shape index (κ3) is 3.42. The molecule has 1 aromatic carbocycles. The second-order valence-electron chi connectivity index (χ2n) is 5.44. The first-order valence-electron chi connectivity index (χ1n) is 6.95. The minimum Gasteiger partial charge on any atom is -0.378 e. The van der Waals surface area contributed by atoms with Gasteiger partial charge in [-0.2, -0.15) is 5.10 Å². The molecule has 112 valence electrons. The van der Waals surface area contributed by atoms with Crippen molar-refractivity contribution < 1.29 is 4.79 Å². The molecule has 0 aliphatic carbocycles. The number of anilines is 2. The molecular weight excluding hydrogens is 264 g/mol. The standard InChI is InChI=1S/C16H22N4O/c1-11-15(12(2)20(5)18-11)10-16(21)17-13-6-8-14(9-7-13)19(3)4/h6-9H,10H2,1-5H3,(H,17,21). The molecule has 5 heteroatoms. The van der Waals surface area contributed by atoms with E-state index < -0.39 is 0 Å². The maximum Gasteiger partial charge on any atom is 0.228 e. The van der Waals surface area contributed by atoms with E-state index in [0.29, 0.717) is 6.42 Å². The molecule has 5 nitrogen and oxygen atoms in total. The summed E-state index contributed by atoms with van der Waals surface area (Å²) in [5.74, 6) is -0.0215. The van der Waals surface area contributed by atoms with Gasteiger partial charge in [0.15, 0.2) is 0 Å². The summed E-state index contributed by atoms with van der Waals surface area (Å²) in [5.41, 5.74) is 4.86. The summed E-state index contributed by atoms with van der Waals surface area (Å²) < 4.78 is 1.81. The molecule has 0 saturated carbocycles. The van der Waals surface area contributed by atoms with Gasteiger partial charge in [0.25, 0.3) is 0 Å². The van der Waals surface area contributed by atoms with Crippen LogP contribution in [0, 0.1) is 13.8 Å². The molecule has 0 aliphatic rings. The van der Waals surface area contributed by atoms with Crippen LogP contribution in [0.3, 0.4) is 0 Å². The van der Waals surface area contributed by atoms with Crippen LogP contribution >= 0.6 is 0 Å². The summed E-state index contributed by atoms with van der Waals surface area (Å²) in [7, 11) is 5.87. The molecule has 2 aromatic rings. The first-order chi connectivity index (χ1) is 9.88. The second kappa shape index (κ2) is 5.99. The fraction of sp³-hybridized carbons (Fsp3) is 0.375. The number of benzene rings is 1. The van der Waals surface area contributed by atoms with Crippen LogP contribution in [0.25, 0.3) is 0 Å². The maximum atomic E-state index is 12.2. The molecule has 1 heterocycles. The lowest BCUT2D eigenvalue weighted by atomic mass is 10.1. The van der Waals surface area contributed by atoms with E-state index in [1.54, 1.807) is 0 Å². The smallest absolute Gasteiger partial charge is 0.228 e. The number of rotatable bonds is 4. The van der Waals surface area contributed by atoms with Crippen LogP contribution in [-0.2, 0) is 18.3 Å². The maximum absolute atomic E-state index is 12.2. The first kappa shape index (κ1) is 15.1. The summed E-state index contributed by atoms with van der Waals surface area (Å²) in [4.78, 5) is 14.2. The number of carbonyl (C=O) groups is 1. The Kier molecular flexibility index (Phi) is 4.31. The van der Waals surface area contributed by atoms with E-state index in [-0.39, 0.29) is 5.91 Å². The van der Waals surface area contributed by atoms with Gasteiger partial charge in [-0.05, 0) is 38.1 Å². The zero-order valence-corrected chi connectivity index (χ0v) is 13.3. The fourth-order valence-corrected chi connectivity index (χ4v) is 2.28. The monoisotopic (exact) mass is 286 g/mol. The number of hydrogen-bond acceptors (Lipinski definition) is 3. The molecule has 21 heavy (non-hydrogen) atoms. The predicted octanol–water partition coefficient (Wildman–Crippen LogP) is 2.28. The van der Waals surface area contributed by atoms with Crippen molar-refractivity contribution in [3.8, 4) is 0 Å². The Morgan fingerprint density at radius 3 is 2.33 bits per heavy atom. The van der Waals surface area contributed by atoms with Crippen molar-refractivity contribution in [3.63, 3.8) is 0 Å². The number of nitrogens with zero attached hydrogens (tertiary/aromatic N) is 3. The Morgan fingerprint density at radius 2 is 1.86 bits per heavy atom. The lowest BCUT2D eigenvalue weighted by Gasteiger charge is -2.13. The zero-order chi connectivity index (χ0) is 15.6.